The van der Waals surface area contributed by atoms with Crippen LogP contribution >= 0.6 is 0 Å². The summed E-state index contributed by atoms with van der Waals surface area (Å²) in [6.45, 7) is 8.87. The van der Waals surface area contributed by atoms with Crippen molar-refractivity contribution in [2.45, 2.75) is 39.0 Å². The van der Waals surface area contributed by atoms with Crippen molar-refractivity contribution in [2.75, 3.05) is 6.61 Å². The van der Waals surface area contributed by atoms with Gasteiger partial charge in [-0.2, -0.15) is 0 Å². The fourth-order valence-corrected chi connectivity index (χ4v) is 1.42. The molecule has 0 fully saturated rings. The first kappa shape index (κ1) is 11.3. The van der Waals surface area contributed by atoms with Crippen molar-refractivity contribution in [3.63, 3.8) is 0 Å². The van der Waals surface area contributed by atoms with E-state index in [1.807, 2.05) is 6.92 Å². The first-order valence-electron chi connectivity index (χ1n) is 5.16. The molecule has 0 bridgehead atoms. The minimum Gasteiger partial charge on any atom is -0.396 e. The molecule has 1 rings (SSSR count). The third-order valence-corrected chi connectivity index (χ3v) is 2.60. The van der Waals surface area contributed by atoms with E-state index in [-0.39, 0.29) is 17.9 Å². The second-order valence-electron chi connectivity index (χ2n) is 4.96. The maximum atomic E-state index is 9.08. The molecule has 1 unspecified atom stereocenters. The highest BCUT2D eigenvalue weighted by molar-refractivity contribution is 5.30. The van der Waals surface area contributed by atoms with Crippen molar-refractivity contribution in [1.29, 1.82) is 0 Å². The zero-order chi connectivity index (χ0) is 10.8. The van der Waals surface area contributed by atoms with Crippen LogP contribution in [0, 0.1) is 0 Å². The van der Waals surface area contributed by atoms with Gasteiger partial charge >= 0.3 is 0 Å². The lowest BCUT2D eigenvalue weighted by atomic mass is 9.85. The Bertz CT molecular complexity index is 296. The summed E-state index contributed by atoms with van der Waals surface area (Å²) >= 11 is 0. The van der Waals surface area contributed by atoms with Crippen LogP contribution in [0.1, 0.15) is 44.7 Å². The number of aliphatic hydroxyl groups is 1. The van der Waals surface area contributed by atoms with Crippen molar-refractivity contribution in [2.24, 2.45) is 0 Å². The SMILES string of the molecule is CC(CO)c1cccc(C(C)(C)C)c1. The molecular formula is C13H20O. The van der Waals surface area contributed by atoms with Crippen LogP contribution in [0.3, 0.4) is 0 Å². The minimum atomic E-state index is 0.186. The Labute approximate surface area is 86.8 Å². The predicted molar refractivity (Wildman–Crippen MR) is 60.6 cm³/mol. The molecule has 1 N–H and O–H groups in total. The molecule has 78 valence electrons. The van der Waals surface area contributed by atoms with Crippen LogP contribution in [-0.4, -0.2) is 11.7 Å². The van der Waals surface area contributed by atoms with Crippen LogP contribution in [0.25, 0.3) is 0 Å². The van der Waals surface area contributed by atoms with E-state index in [2.05, 4.69) is 45.0 Å². The molecule has 1 heteroatoms. The number of rotatable bonds is 2. The van der Waals surface area contributed by atoms with Crippen molar-refractivity contribution < 1.29 is 5.11 Å². The molecule has 0 amide bonds. The molecule has 0 aromatic heterocycles. The van der Waals surface area contributed by atoms with Gasteiger partial charge in [-0.15, -0.1) is 0 Å². The average Bonchev–Trinajstić information content (AvgIpc) is 2.15. The molecule has 0 aliphatic heterocycles. The molecule has 0 heterocycles. The third-order valence-electron chi connectivity index (χ3n) is 2.60. The first-order valence-corrected chi connectivity index (χ1v) is 5.16. The zero-order valence-corrected chi connectivity index (χ0v) is 9.54. The summed E-state index contributed by atoms with van der Waals surface area (Å²) in [6.07, 6.45) is 0. The van der Waals surface area contributed by atoms with E-state index in [9.17, 15) is 0 Å². The second-order valence-corrected chi connectivity index (χ2v) is 4.96. The van der Waals surface area contributed by atoms with Gasteiger partial charge in [-0.25, -0.2) is 0 Å². The van der Waals surface area contributed by atoms with Gasteiger partial charge in [-0.1, -0.05) is 52.0 Å². The summed E-state index contributed by atoms with van der Waals surface area (Å²) in [6, 6.07) is 8.49. The normalized spacial score (nSPS) is 14.1. The zero-order valence-electron chi connectivity index (χ0n) is 9.54. The highest BCUT2D eigenvalue weighted by Crippen LogP contribution is 2.25. The number of benzene rings is 1. The van der Waals surface area contributed by atoms with Gasteiger partial charge in [-0.05, 0) is 16.5 Å². The Balaban J connectivity index is 3.01. The standard InChI is InChI=1S/C13H20O/c1-10(9-14)11-6-5-7-12(8-11)13(2,3)4/h5-8,10,14H,9H2,1-4H3. The second kappa shape index (κ2) is 4.14. The van der Waals surface area contributed by atoms with Gasteiger partial charge in [0.15, 0.2) is 0 Å². The fourth-order valence-electron chi connectivity index (χ4n) is 1.42. The molecule has 1 aromatic rings. The van der Waals surface area contributed by atoms with Gasteiger partial charge in [0.2, 0.25) is 0 Å². The lowest BCUT2D eigenvalue weighted by Crippen LogP contribution is -2.12. The smallest absolute Gasteiger partial charge is 0.0497 e. The van der Waals surface area contributed by atoms with Gasteiger partial charge in [0.1, 0.15) is 0 Å². The molecule has 0 spiro atoms. The summed E-state index contributed by atoms with van der Waals surface area (Å²) in [5.41, 5.74) is 2.74. The molecule has 0 radical (unpaired) electrons. The number of aliphatic hydroxyl groups excluding tert-OH is 1. The maximum Gasteiger partial charge on any atom is 0.0497 e. The van der Waals surface area contributed by atoms with Crippen molar-refractivity contribution in [3.8, 4) is 0 Å². The monoisotopic (exact) mass is 192 g/mol. The highest BCUT2D eigenvalue weighted by atomic mass is 16.3. The Hall–Kier alpha value is -0.820. The van der Waals surface area contributed by atoms with E-state index in [0.717, 1.165) is 0 Å². The van der Waals surface area contributed by atoms with Crippen LogP contribution in [0.15, 0.2) is 24.3 Å². The Kier molecular flexibility index (Phi) is 3.33. The molecule has 0 aliphatic carbocycles. The van der Waals surface area contributed by atoms with Crippen molar-refractivity contribution in [1.82, 2.24) is 0 Å². The van der Waals surface area contributed by atoms with Crippen LogP contribution in [0.4, 0.5) is 0 Å². The predicted octanol–water partition coefficient (Wildman–Crippen LogP) is 3.08. The van der Waals surface area contributed by atoms with Crippen LogP contribution < -0.4 is 0 Å². The number of hydrogen-bond acceptors (Lipinski definition) is 1. The summed E-state index contributed by atoms with van der Waals surface area (Å²) in [5, 5.41) is 9.08. The molecular weight excluding hydrogens is 172 g/mol. The minimum absolute atomic E-state index is 0.186. The van der Waals surface area contributed by atoms with E-state index in [0.29, 0.717) is 0 Å². The van der Waals surface area contributed by atoms with Gasteiger partial charge in [0.05, 0.1) is 0 Å². The maximum absolute atomic E-state index is 9.08. The molecule has 0 aliphatic rings. The molecule has 1 aromatic carbocycles. The van der Waals surface area contributed by atoms with Crippen molar-refractivity contribution in [3.05, 3.63) is 35.4 Å². The Morgan fingerprint density at radius 1 is 1.29 bits per heavy atom. The van der Waals surface area contributed by atoms with E-state index in [4.69, 9.17) is 5.11 Å². The van der Waals surface area contributed by atoms with Crippen LogP contribution in [0.5, 0.6) is 0 Å². The average molecular weight is 192 g/mol. The van der Waals surface area contributed by atoms with Gasteiger partial charge in [0, 0.05) is 12.5 Å². The van der Waals surface area contributed by atoms with E-state index < -0.39 is 0 Å². The highest BCUT2D eigenvalue weighted by Gasteiger charge is 2.14. The Morgan fingerprint density at radius 3 is 2.43 bits per heavy atom. The van der Waals surface area contributed by atoms with Crippen molar-refractivity contribution >= 4 is 0 Å². The number of hydrogen-bond donors (Lipinski definition) is 1. The quantitative estimate of drug-likeness (QED) is 0.763. The summed E-state index contributed by atoms with van der Waals surface area (Å²) in [4.78, 5) is 0. The van der Waals surface area contributed by atoms with E-state index in [1.165, 1.54) is 11.1 Å². The van der Waals surface area contributed by atoms with Crippen LogP contribution in [-0.2, 0) is 5.41 Å². The molecule has 0 saturated heterocycles. The van der Waals surface area contributed by atoms with Crippen LogP contribution in [0.2, 0.25) is 0 Å². The summed E-state index contributed by atoms with van der Waals surface area (Å²) < 4.78 is 0. The lowest BCUT2D eigenvalue weighted by molar-refractivity contribution is 0.273. The van der Waals surface area contributed by atoms with Gasteiger partial charge < -0.3 is 5.11 Å². The van der Waals surface area contributed by atoms with E-state index >= 15 is 0 Å². The van der Waals surface area contributed by atoms with E-state index in [1.54, 1.807) is 0 Å². The molecule has 14 heavy (non-hydrogen) atoms. The largest absolute Gasteiger partial charge is 0.396 e. The lowest BCUT2D eigenvalue weighted by Gasteiger charge is -2.20. The molecule has 1 nitrogen and oxygen atoms in total. The van der Waals surface area contributed by atoms with Gasteiger partial charge in [0.25, 0.3) is 0 Å². The molecule has 0 saturated carbocycles. The first-order chi connectivity index (χ1) is 6.45. The fraction of sp³-hybridized carbons (Fsp3) is 0.538. The Morgan fingerprint density at radius 2 is 1.93 bits per heavy atom. The molecule has 1 atom stereocenters. The summed E-state index contributed by atoms with van der Waals surface area (Å²) in [5.74, 6) is 0.234. The van der Waals surface area contributed by atoms with Gasteiger partial charge in [-0.3, -0.25) is 0 Å². The summed E-state index contributed by atoms with van der Waals surface area (Å²) in [7, 11) is 0. The topological polar surface area (TPSA) is 20.2 Å². The third kappa shape index (κ3) is 2.58.